The van der Waals surface area contributed by atoms with Crippen molar-refractivity contribution in [1.82, 2.24) is 10.5 Å². The minimum absolute atomic E-state index is 0.0732. The Morgan fingerprint density at radius 1 is 1.46 bits per heavy atom. The fraction of sp³-hybridized carbons (Fsp3) is 0.375. The number of nitrogens with zero attached hydrogens (tertiary/aromatic N) is 2. The van der Waals surface area contributed by atoms with Gasteiger partial charge in [0.05, 0.1) is 7.11 Å². The summed E-state index contributed by atoms with van der Waals surface area (Å²) in [6.07, 6.45) is 1.97. The summed E-state index contributed by atoms with van der Waals surface area (Å²) in [6, 6.07) is 4.27. The van der Waals surface area contributed by atoms with E-state index in [1.807, 2.05) is 6.26 Å². The zero-order chi connectivity index (χ0) is 17.7. The molecule has 1 N–H and O–H groups in total. The SMILES string of the molecule is COc1cc(-c2onc(N(C)C)c2C(=O)NCCSC)ccc1F. The van der Waals surface area contributed by atoms with Crippen LogP contribution in [0.15, 0.2) is 22.7 Å². The maximum Gasteiger partial charge on any atom is 0.259 e. The third kappa shape index (κ3) is 3.81. The van der Waals surface area contributed by atoms with Gasteiger partial charge in [0.1, 0.15) is 5.56 Å². The number of thioether (sulfide) groups is 1. The van der Waals surface area contributed by atoms with Crippen molar-refractivity contribution < 1.29 is 18.4 Å². The molecule has 2 rings (SSSR count). The molecule has 0 unspecified atom stereocenters. The molecule has 6 nitrogen and oxygen atoms in total. The van der Waals surface area contributed by atoms with Crippen molar-refractivity contribution in [2.75, 3.05) is 44.7 Å². The summed E-state index contributed by atoms with van der Waals surface area (Å²) in [5.74, 6) is 0.790. The zero-order valence-corrected chi connectivity index (χ0v) is 14.9. The van der Waals surface area contributed by atoms with Gasteiger partial charge in [-0.2, -0.15) is 11.8 Å². The molecule has 1 aromatic carbocycles. The Kier molecular flexibility index (Phi) is 6.08. The second-order valence-corrected chi connectivity index (χ2v) is 6.19. The smallest absolute Gasteiger partial charge is 0.259 e. The predicted octanol–water partition coefficient (Wildman–Crippen LogP) is 2.65. The van der Waals surface area contributed by atoms with Gasteiger partial charge in [0.15, 0.2) is 23.1 Å². The van der Waals surface area contributed by atoms with Crippen LogP contribution in [0.5, 0.6) is 5.75 Å². The molecule has 2 aromatic rings. The van der Waals surface area contributed by atoms with E-state index in [0.29, 0.717) is 23.5 Å². The lowest BCUT2D eigenvalue weighted by atomic mass is 10.1. The van der Waals surface area contributed by atoms with Crippen LogP contribution in [-0.2, 0) is 0 Å². The monoisotopic (exact) mass is 353 g/mol. The van der Waals surface area contributed by atoms with Gasteiger partial charge >= 0.3 is 0 Å². The summed E-state index contributed by atoms with van der Waals surface area (Å²) >= 11 is 1.64. The highest BCUT2D eigenvalue weighted by Gasteiger charge is 2.25. The van der Waals surface area contributed by atoms with Crippen LogP contribution < -0.4 is 15.0 Å². The molecule has 1 amide bonds. The molecule has 0 bridgehead atoms. The molecule has 1 aromatic heterocycles. The molecular formula is C16H20FN3O3S. The highest BCUT2D eigenvalue weighted by molar-refractivity contribution is 7.98. The number of carbonyl (C=O) groups excluding carboxylic acids is 1. The Bertz CT molecular complexity index is 719. The maximum atomic E-state index is 13.6. The van der Waals surface area contributed by atoms with Crippen LogP contribution in [0.4, 0.5) is 10.2 Å². The number of amides is 1. The van der Waals surface area contributed by atoms with E-state index in [4.69, 9.17) is 9.26 Å². The van der Waals surface area contributed by atoms with Gasteiger partial charge in [-0.25, -0.2) is 4.39 Å². The van der Waals surface area contributed by atoms with Crippen molar-refractivity contribution in [1.29, 1.82) is 0 Å². The molecule has 130 valence electrons. The number of aromatic nitrogens is 1. The van der Waals surface area contributed by atoms with E-state index < -0.39 is 5.82 Å². The Labute approximate surface area is 144 Å². The van der Waals surface area contributed by atoms with Crippen molar-refractivity contribution in [3.8, 4) is 17.1 Å². The molecule has 0 aliphatic heterocycles. The summed E-state index contributed by atoms with van der Waals surface area (Å²) in [4.78, 5) is 14.3. The first kappa shape index (κ1) is 18.1. The van der Waals surface area contributed by atoms with Crippen molar-refractivity contribution in [3.05, 3.63) is 29.6 Å². The molecule has 0 radical (unpaired) electrons. The van der Waals surface area contributed by atoms with Gasteiger partial charge < -0.3 is 19.5 Å². The Balaban J connectivity index is 2.45. The van der Waals surface area contributed by atoms with Crippen LogP contribution in [0.1, 0.15) is 10.4 Å². The molecule has 0 atom stereocenters. The molecule has 0 saturated carbocycles. The third-order valence-corrected chi connectivity index (χ3v) is 3.94. The Morgan fingerprint density at radius 2 is 2.21 bits per heavy atom. The number of anilines is 1. The van der Waals surface area contributed by atoms with Crippen LogP contribution in [0, 0.1) is 5.82 Å². The average Bonchev–Trinajstić information content (AvgIpc) is 3.00. The molecular weight excluding hydrogens is 333 g/mol. The predicted molar refractivity (Wildman–Crippen MR) is 93.5 cm³/mol. The largest absolute Gasteiger partial charge is 0.494 e. The van der Waals surface area contributed by atoms with Crippen molar-refractivity contribution >= 4 is 23.5 Å². The van der Waals surface area contributed by atoms with E-state index in [-0.39, 0.29) is 17.4 Å². The lowest BCUT2D eigenvalue weighted by Gasteiger charge is -2.11. The molecule has 24 heavy (non-hydrogen) atoms. The van der Waals surface area contributed by atoms with Gasteiger partial charge in [0, 0.05) is 32.0 Å². The number of hydrogen-bond acceptors (Lipinski definition) is 6. The number of methoxy groups -OCH3 is 1. The average molecular weight is 353 g/mol. The summed E-state index contributed by atoms with van der Waals surface area (Å²) in [5.41, 5.74) is 0.832. The molecule has 0 saturated heterocycles. The van der Waals surface area contributed by atoms with Gasteiger partial charge in [-0.15, -0.1) is 0 Å². The highest BCUT2D eigenvalue weighted by atomic mass is 32.2. The number of carbonyl (C=O) groups is 1. The van der Waals surface area contributed by atoms with Gasteiger partial charge in [-0.1, -0.05) is 5.16 Å². The molecule has 0 aliphatic carbocycles. The number of rotatable bonds is 7. The minimum atomic E-state index is -0.487. The third-order valence-electron chi connectivity index (χ3n) is 3.33. The first-order valence-electron chi connectivity index (χ1n) is 7.27. The standard InChI is InChI=1S/C16H20FN3O3S/c1-20(2)15-13(16(21)18-7-8-24-4)14(23-19-15)10-5-6-11(17)12(9-10)22-3/h5-6,9H,7-8H2,1-4H3,(H,18,21). The maximum absolute atomic E-state index is 13.6. The quantitative estimate of drug-likeness (QED) is 0.772. The number of ether oxygens (including phenoxy) is 1. The van der Waals surface area contributed by atoms with Crippen molar-refractivity contribution in [3.63, 3.8) is 0 Å². The van der Waals surface area contributed by atoms with Gasteiger partial charge in [-0.05, 0) is 24.5 Å². The Hall–Kier alpha value is -2.22. The highest BCUT2D eigenvalue weighted by Crippen LogP contribution is 2.33. The molecule has 0 spiro atoms. The molecule has 8 heteroatoms. The van der Waals surface area contributed by atoms with E-state index >= 15 is 0 Å². The van der Waals surface area contributed by atoms with Crippen LogP contribution in [0.2, 0.25) is 0 Å². The molecule has 1 heterocycles. The van der Waals surface area contributed by atoms with Crippen LogP contribution in [-0.4, -0.2) is 50.8 Å². The zero-order valence-electron chi connectivity index (χ0n) is 14.1. The summed E-state index contributed by atoms with van der Waals surface area (Å²) in [5, 5.41) is 6.81. The number of halogens is 1. The van der Waals surface area contributed by atoms with E-state index in [1.54, 1.807) is 30.8 Å². The van der Waals surface area contributed by atoms with Gasteiger partial charge in [0.25, 0.3) is 5.91 Å². The normalized spacial score (nSPS) is 10.5. The Morgan fingerprint density at radius 3 is 2.83 bits per heavy atom. The van der Waals surface area contributed by atoms with Gasteiger partial charge in [0.2, 0.25) is 0 Å². The van der Waals surface area contributed by atoms with Crippen molar-refractivity contribution in [2.45, 2.75) is 0 Å². The number of benzene rings is 1. The summed E-state index contributed by atoms with van der Waals surface area (Å²) in [6.45, 7) is 0.532. The van der Waals surface area contributed by atoms with Crippen LogP contribution in [0.3, 0.4) is 0 Å². The first-order chi connectivity index (χ1) is 11.5. The van der Waals surface area contributed by atoms with Crippen LogP contribution >= 0.6 is 11.8 Å². The van der Waals surface area contributed by atoms with Gasteiger partial charge in [-0.3, -0.25) is 4.79 Å². The van der Waals surface area contributed by atoms with Crippen molar-refractivity contribution in [2.24, 2.45) is 0 Å². The lowest BCUT2D eigenvalue weighted by Crippen LogP contribution is -2.27. The summed E-state index contributed by atoms with van der Waals surface area (Å²) < 4.78 is 24.0. The topological polar surface area (TPSA) is 67.6 Å². The minimum Gasteiger partial charge on any atom is -0.494 e. The fourth-order valence-corrected chi connectivity index (χ4v) is 2.45. The fourth-order valence-electron chi connectivity index (χ4n) is 2.14. The second-order valence-electron chi connectivity index (χ2n) is 5.20. The van der Waals surface area contributed by atoms with Crippen LogP contribution in [0.25, 0.3) is 11.3 Å². The number of hydrogen-bond donors (Lipinski definition) is 1. The molecule has 0 fully saturated rings. The van der Waals surface area contributed by atoms with E-state index in [2.05, 4.69) is 10.5 Å². The summed E-state index contributed by atoms with van der Waals surface area (Å²) in [7, 11) is 4.92. The number of nitrogens with one attached hydrogen (secondary N) is 1. The van der Waals surface area contributed by atoms with E-state index in [0.717, 1.165) is 5.75 Å². The van der Waals surface area contributed by atoms with E-state index in [9.17, 15) is 9.18 Å². The first-order valence-corrected chi connectivity index (χ1v) is 8.67. The second kappa shape index (κ2) is 8.05. The molecule has 0 aliphatic rings. The van der Waals surface area contributed by atoms with E-state index in [1.165, 1.54) is 25.3 Å². The lowest BCUT2D eigenvalue weighted by molar-refractivity contribution is 0.0957.